The molecule has 0 aromatic carbocycles. The first-order chi connectivity index (χ1) is 12.1. The summed E-state index contributed by atoms with van der Waals surface area (Å²) in [6.45, 7) is 2.77. The molecule has 2 heterocycles. The molecule has 7 heteroatoms. The van der Waals surface area contributed by atoms with Crippen LogP contribution in [0.25, 0.3) is 0 Å². The maximum Gasteiger partial charge on any atom is 0.341 e. The highest BCUT2D eigenvalue weighted by atomic mass is 32.1. The van der Waals surface area contributed by atoms with Crippen molar-refractivity contribution < 1.29 is 9.53 Å². The molecule has 1 atom stereocenters. The monoisotopic (exact) mass is 375 g/mol. The van der Waals surface area contributed by atoms with Crippen LogP contribution in [0, 0.1) is 5.92 Å². The summed E-state index contributed by atoms with van der Waals surface area (Å²) >= 11 is 6.99. The minimum atomic E-state index is -0.304. The van der Waals surface area contributed by atoms with Gasteiger partial charge in [0.1, 0.15) is 5.00 Å². The van der Waals surface area contributed by atoms with Gasteiger partial charge in [-0.1, -0.05) is 13.0 Å². The van der Waals surface area contributed by atoms with Crippen molar-refractivity contribution in [1.82, 2.24) is 10.3 Å². The van der Waals surface area contributed by atoms with Gasteiger partial charge in [-0.15, -0.1) is 11.3 Å². The number of esters is 1. The normalized spacial score (nSPS) is 16.0. The molecule has 2 N–H and O–H groups in total. The molecule has 3 rings (SSSR count). The number of nitrogens with zero attached hydrogens (tertiary/aromatic N) is 1. The first kappa shape index (κ1) is 17.8. The molecule has 0 saturated heterocycles. The molecule has 0 amide bonds. The lowest BCUT2D eigenvalue weighted by Crippen LogP contribution is -2.28. The number of thiocarbonyl (C=S) groups is 1. The molecule has 0 fully saturated rings. The quantitative estimate of drug-likeness (QED) is 0.630. The van der Waals surface area contributed by atoms with E-state index < -0.39 is 0 Å². The summed E-state index contributed by atoms with van der Waals surface area (Å²) in [6, 6.07) is 5.74. The highest BCUT2D eigenvalue weighted by Crippen LogP contribution is 2.39. The van der Waals surface area contributed by atoms with Crippen molar-refractivity contribution in [1.29, 1.82) is 0 Å². The number of hydrogen-bond donors (Lipinski definition) is 2. The van der Waals surface area contributed by atoms with E-state index in [-0.39, 0.29) is 5.97 Å². The van der Waals surface area contributed by atoms with Crippen molar-refractivity contribution in [3.63, 3.8) is 0 Å². The van der Waals surface area contributed by atoms with Gasteiger partial charge in [0, 0.05) is 11.1 Å². The number of anilines is 1. The molecule has 2 aromatic heterocycles. The second kappa shape index (κ2) is 7.93. The second-order valence-electron chi connectivity index (χ2n) is 6.18. The molecule has 5 nitrogen and oxygen atoms in total. The van der Waals surface area contributed by atoms with E-state index in [1.807, 2.05) is 18.2 Å². The average Bonchev–Trinajstić information content (AvgIpc) is 2.97. The van der Waals surface area contributed by atoms with Crippen LogP contribution in [0.3, 0.4) is 0 Å². The number of carbonyl (C=O) groups is 1. The maximum absolute atomic E-state index is 12.3. The van der Waals surface area contributed by atoms with Gasteiger partial charge in [-0.2, -0.15) is 0 Å². The van der Waals surface area contributed by atoms with Gasteiger partial charge in [0.05, 0.1) is 24.9 Å². The molecule has 2 aromatic rings. The fourth-order valence-electron chi connectivity index (χ4n) is 2.98. The molecule has 0 saturated carbocycles. The summed E-state index contributed by atoms with van der Waals surface area (Å²) in [5.41, 5.74) is 2.65. The van der Waals surface area contributed by atoms with Gasteiger partial charge in [0.15, 0.2) is 5.11 Å². The maximum atomic E-state index is 12.3. The third kappa shape index (κ3) is 4.16. The third-order valence-corrected chi connectivity index (χ3v) is 5.70. The van der Waals surface area contributed by atoms with Gasteiger partial charge in [0.2, 0.25) is 0 Å². The predicted octanol–water partition coefficient (Wildman–Crippen LogP) is 3.54. The Morgan fingerprint density at radius 3 is 3.04 bits per heavy atom. The van der Waals surface area contributed by atoms with Crippen LogP contribution in [0.4, 0.5) is 5.00 Å². The average molecular weight is 376 g/mol. The van der Waals surface area contributed by atoms with Crippen LogP contribution in [-0.4, -0.2) is 23.2 Å². The molecular formula is C18H21N3O2S2. The van der Waals surface area contributed by atoms with Crippen LogP contribution < -0.4 is 10.6 Å². The van der Waals surface area contributed by atoms with Crippen LogP contribution in [0.5, 0.6) is 0 Å². The molecular weight excluding hydrogens is 354 g/mol. The Morgan fingerprint density at radius 1 is 1.48 bits per heavy atom. The van der Waals surface area contributed by atoms with E-state index in [1.165, 1.54) is 12.0 Å². The Hall–Kier alpha value is -1.99. The van der Waals surface area contributed by atoms with E-state index in [9.17, 15) is 4.79 Å². The standard InChI is InChI=1S/C18H21N3O2S2/c1-11-6-7-13-14(9-11)25-16(15(13)17(22)23-2)21-18(24)20-10-12-5-3-4-8-19-12/h3-5,8,11H,6-7,9-10H2,1-2H3,(H2,20,21,24). The van der Waals surface area contributed by atoms with Gasteiger partial charge in [-0.25, -0.2) is 4.79 Å². The van der Waals surface area contributed by atoms with Gasteiger partial charge in [-0.05, 0) is 55.1 Å². The van der Waals surface area contributed by atoms with Crippen LogP contribution in [0.2, 0.25) is 0 Å². The van der Waals surface area contributed by atoms with Crippen LogP contribution in [0.1, 0.15) is 39.8 Å². The van der Waals surface area contributed by atoms with Crippen molar-refractivity contribution in [2.24, 2.45) is 5.92 Å². The van der Waals surface area contributed by atoms with E-state index in [2.05, 4.69) is 22.5 Å². The minimum Gasteiger partial charge on any atom is -0.465 e. The Bertz CT molecular complexity index is 774. The predicted molar refractivity (Wildman–Crippen MR) is 104 cm³/mol. The number of nitrogens with one attached hydrogen (secondary N) is 2. The Kier molecular flexibility index (Phi) is 5.65. The minimum absolute atomic E-state index is 0.304. The Balaban J connectivity index is 1.75. The molecule has 0 radical (unpaired) electrons. The number of fused-ring (bicyclic) bond motifs is 1. The zero-order valence-corrected chi connectivity index (χ0v) is 15.9. The number of aromatic nitrogens is 1. The zero-order chi connectivity index (χ0) is 17.8. The highest BCUT2D eigenvalue weighted by molar-refractivity contribution is 7.80. The molecule has 132 valence electrons. The van der Waals surface area contributed by atoms with Crippen LogP contribution in [0.15, 0.2) is 24.4 Å². The first-order valence-corrected chi connectivity index (χ1v) is 9.48. The third-order valence-electron chi connectivity index (χ3n) is 4.28. The second-order valence-corrected chi connectivity index (χ2v) is 7.69. The fraction of sp³-hybridized carbons (Fsp3) is 0.389. The summed E-state index contributed by atoms with van der Waals surface area (Å²) < 4.78 is 4.99. The van der Waals surface area contributed by atoms with Gasteiger partial charge in [0.25, 0.3) is 0 Å². The summed E-state index contributed by atoms with van der Waals surface area (Å²) in [7, 11) is 1.42. The number of methoxy groups -OCH3 is 1. The molecule has 0 aliphatic heterocycles. The zero-order valence-electron chi connectivity index (χ0n) is 14.3. The van der Waals surface area contributed by atoms with E-state index in [0.717, 1.165) is 35.5 Å². The molecule has 1 aliphatic carbocycles. The van der Waals surface area contributed by atoms with E-state index >= 15 is 0 Å². The Labute approximate surface area is 156 Å². The van der Waals surface area contributed by atoms with Gasteiger partial charge < -0.3 is 15.4 Å². The van der Waals surface area contributed by atoms with Crippen molar-refractivity contribution in [2.45, 2.75) is 32.7 Å². The van der Waals surface area contributed by atoms with Crippen LogP contribution >= 0.6 is 23.6 Å². The molecule has 0 spiro atoms. The lowest BCUT2D eigenvalue weighted by Gasteiger charge is -2.18. The van der Waals surface area contributed by atoms with Crippen molar-refractivity contribution in [3.8, 4) is 0 Å². The number of rotatable bonds is 4. The Morgan fingerprint density at radius 2 is 2.32 bits per heavy atom. The SMILES string of the molecule is COC(=O)c1c(NC(=S)NCc2ccccn2)sc2c1CCC(C)C2. The lowest BCUT2D eigenvalue weighted by atomic mass is 9.88. The van der Waals surface area contributed by atoms with E-state index in [4.69, 9.17) is 17.0 Å². The summed E-state index contributed by atoms with van der Waals surface area (Å²) in [5.74, 6) is 0.334. The van der Waals surface area contributed by atoms with Gasteiger partial charge in [-0.3, -0.25) is 4.98 Å². The number of pyridine rings is 1. The topological polar surface area (TPSA) is 63.2 Å². The fourth-order valence-corrected chi connectivity index (χ4v) is 4.62. The number of ether oxygens (including phenoxy) is 1. The first-order valence-electron chi connectivity index (χ1n) is 8.26. The van der Waals surface area contributed by atoms with E-state index in [1.54, 1.807) is 17.5 Å². The smallest absolute Gasteiger partial charge is 0.341 e. The van der Waals surface area contributed by atoms with Crippen molar-refractivity contribution in [2.75, 3.05) is 12.4 Å². The largest absolute Gasteiger partial charge is 0.465 e. The molecule has 25 heavy (non-hydrogen) atoms. The highest BCUT2D eigenvalue weighted by Gasteiger charge is 2.28. The van der Waals surface area contributed by atoms with E-state index in [0.29, 0.717) is 23.1 Å². The number of hydrogen-bond acceptors (Lipinski definition) is 5. The van der Waals surface area contributed by atoms with Crippen molar-refractivity contribution in [3.05, 3.63) is 46.1 Å². The molecule has 1 aliphatic rings. The number of carbonyl (C=O) groups excluding carboxylic acids is 1. The summed E-state index contributed by atoms with van der Waals surface area (Å²) in [5, 5.41) is 7.55. The molecule has 0 bridgehead atoms. The molecule has 1 unspecified atom stereocenters. The number of thiophene rings is 1. The summed E-state index contributed by atoms with van der Waals surface area (Å²) in [4.78, 5) is 17.8. The van der Waals surface area contributed by atoms with Crippen LogP contribution in [-0.2, 0) is 24.1 Å². The summed E-state index contributed by atoms with van der Waals surface area (Å²) in [6.07, 6.45) is 4.75. The van der Waals surface area contributed by atoms with Gasteiger partial charge >= 0.3 is 5.97 Å². The lowest BCUT2D eigenvalue weighted by molar-refractivity contribution is 0.0601. The van der Waals surface area contributed by atoms with Crippen molar-refractivity contribution >= 4 is 39.6 Å².